The molecule has 0 aromatic carbocycles. The zero-order chi connectivity index (χ0) is 8.24. The summed E-state index contributed by atoms with van der Waals surface area (Å²) in [6.45, 7) is 12.3. The summed E-state index contributed by atoms with van der Waals surface area (Å²) in [4.78, 5) is 0. The Hall–Kier alpha value is -1.04. The fraction of sp³-hybridized carbons (Fsp3) is 0.200. The molecule has 0 atom stereocenters. The van der Waals surface area contributed by atoms with Gasteiger partial charge in [-0.15, -0.1) is 6.58 Å². The minimum atomic E-state index is 0.997. The maximum absolute atomic E-state index is 3.55. The monoisotopic (exact) mass is 136 g/mol. The molecular formula is C10H16. The highest BCUT2D eigenvalue weighted by molar-refractivity contribution is 4.88. The third kappa shape index (κ3) is 28.2. The molecule has 0 aromatic rings. The topological polar surface area (TPSA) is 0 Å². The number of hydrogen-bond donors (Lipinski definition) is 0. The normalized spacial score (nSPS) is 7.70. The van der Waals surface area contributed by atoms with Crippen LogP contribution < -0.4 is 0 Å². The molecule has 0 aliphatic rings. The first-order valence-corrected chi connectivity index (χ1v) is 3.29. The zero-order valence-corrected chi connectivity index (χ0v) is 6.72. The first kappa shape index (κ1) is 11.7. The lowest BCUT2D eigenvalue weighted by atomic mass is 10.4. The molecule has 0 saturated heterocycles. The molecule has 0 N–H and O–H groups in total. The predicted octanol–water partition coefficient (Wildman–Crippen LogP) is 3.50. The first-order chi connectivity index (χ1) is 4.83. The van der Waals surface area contributed by atoms with Crippen molar-refractivity contribution in [2.75, 3.05) is 0 Å². The molecule has 0 heteroatoms. The Labute approximate surface area is 64.3 Å². The highest BCUT2D eigenvalue weighted by Gasteiger charge is 1.57. The van der Waals surface area contributed by atoms with Crippen LogP contribution in [0.5, 0.6) is 0 Å². The smallest absolute Gasteiger partial charge is 0.0172 e. The van der Waals surface area contributed by atoms with E-state index >= 15 is 0 Å². The van der Waals surface area contributed by atoms with E-state index in [9.17, 15) is 0 Å². The van der Waals surface area contributed by atoms with Gasteiger partial charge >= 0.3 is 0 Å². The molecule has 0 amide bonds. The highest BCUT2D eigenvalue weighted by Crippen LogP contribution is 1.78. The van der Waals surface area contributed by atoms with Crippen molar-refractivity contribution in [2.45, 2.75) is 13.3 Å². The maximum Gasteiger partial charge on any atom is -0.0172 e. The van der Waals surface area contributed by atoms with Crippen LogP contribution in [-0.4, -0.2) is 0 Å². The van der Waals surface area contributed by atoms with Gasteiger partial charge in [0.1, 0.15) is 0 Å². The van der Waals surface area contributed by atoms with E-state index in [-0.39, 0.29) is 0 Å². The molecule has 0 heterocycles. The summed E-state index contributed by atoms with van der Waals surface area (Å²) in [6, 6.07) is 0. The summed E-state index contributed by atoms with van der Waals surface area (Å²) in [5, 5.41) is 0. The minimum absolute atomic E-state index is 0.997. The third-order valence-corrected chi connectivity index (χ3v) is 0.705. The standard InChI is InChI=1S/C6H10.C4H6/c1-3-5-6-4-2;1-3-4-2/h3-4,6H,1,5H2,2H3;3-4H,1-2H2/b6-4+;. The molecule has 0 fully saturated rings. The molecule has 0 rings (SSSR count). The SMILES string of the molecule is C=CC/C=C/C.C=CC=C. The Balaban J connectivity index is 0. The summed E-state index contributed by atoms with van der Waals surface area (Å²) in [5.41, 5.74) is 0. The van der Waals surface area contributed by atoms with Gasteiger partial charge in [0, 0.05) is 0 Å². The fourth-order valence-corrected chi connectivity index (χ4v) is 0.232. The van der Waals surface area contributed by atoms with E-state index in [2.05, 4.69) is 25.8 Å². The Morgan fingerprint density at radius 2 is 1.60 bits per heavy atom. The molecule has 0 unspecified atom stereocenters. The molecule has 0 bridgehead atoms. The number of rotatable bonds is 3. The molecule has 0 aliphatic heterocycles. The lowest BCUT2D eigenvalue weighted by molar-refractivity contribution is 1.39. The Morgan fingerprint density at radius 1 is 1.10 bits per heavy atom. The molecule has 0 saturated carbocycles. The van der Waals surface area contributed by atoms with Crippen molar-refractivity contribution in [2.24, 2.45) is 0 Å². The van der Waals surface area contributed by atoms with Crippen molar-refractivity contribution in [3.63, 3.8) is 0 Å². The summed E-state index contributed by atoms with van der Waals surface area (Å²) < 4.78 is 0. The second kappa shape index (κ2) is 15.7. The molecule has 56 valence electrons. The van der Waals surface area contributed by atoms with Crippen LogP contribution in [0.2, 0.25) is 0 Å². The average Bonchev–Trinajstić information content (AvgIpc) is 2.01. The van der Waals surface area contributed by atoms with Crippen molar-refractivity contribution in [1.29, 1.82) is 0 Å². The van der Waals surface area contributed by atoms with Crippen molar-refractivity contribution in [3.8, 4) is 0 Å². The van der Waals surface area contributed by atoms with E-state index in [4.69, 9.17) is 0 Å². The van der Waals surface area contributed by atoms with Gasteiger partial charge in [-0.05, 0) is 13.3 Å². The minimum Gasteiger partial charge on any atom is -0.103 e. The largest absolute Gasteiger partial charge is 0.103 e. The molecule has 0 spiro atoms. The van der Waals surface area contributed by atoms with E-state index in [0.717, 1.165) is 6.42 Å². The predicted molar refractivity (Wildman–Crippen MR) is 50.0 cm³/mol. The molecule has 0 radical (unpaired) electrons. The first-order valence-electron chi connectivity index (χ1n) is 3.29. The zero-order valence-electron chi connectivity index (χ0n) is 6.72. The second-order valence-electron chi connectivity index (χ2n) is 1.56. The van der Waals surface area contributed by atoms with Crippen LogP contribution in [-0.2, 0) is 0 Å². The van der Waals surface area contributed by atoms with E-state index < -0.39 is 0 Å². The lowest BCUT2D eigenvalue weighted by Gasteiger charge is -1.69. The van der Waals surface area contributed by atoms with Gasteiger partial charge in [0.05, 0.1) is 0 Å². The highest BCUT2D eigenvalue weighted by atomic mass is 13.6. The van der Waals surface area contributed by atoms with Gasteiger partial charge in [0.2, 0.25) is 0 Å². The van der Waals surface area contributed by atoms with E-state index in [1.807, 2.05) is 19.1 Å². The van der Waals surface area contributed by atoms with E-state index in [1.54, 1.807) is 12.2 Å². The Bertz CT molecular complexity index is 101. The summed E-state index contributed by atoms with van der Waals surface area (Å²) in [5.74, 6) is 0. The summed E-state index contributed by atoms with van der Waals surface area (Å²) in [7, 11) is 0. The van der Waals surface area contributed by atoms with Gasteiger partial charge in [0.25, 0.3) is 0 Å². The van der Waals surface area contributed by atoms with Crippen LogP contribution in [0.3, 0.4) is 0 Å². The average molecular weight is 136 g/mol. The lowest BCUT2D eigenvalue weighted by Crippen LogP contribution is -1.48. The second-order valence-corrected chi connectivity index (χ2v) is 1.56. The third-order valence-electron chi connectivity index (χ3n) is 0.705. The van der Waals surface area contributed by atoms with Crippen LogP contribution >= 0.6 is 0 Å². The van der Waals surface area contributed by atoms with Crippen LogP contribution in [0, 0.1) is 0 Å². The molecular weight excluding hydrogens is 120 g/mol. The fourth-order valence-electron chi connectivity index (χ4n) is 0.232. The van der Waals surface area contributed by atoms with Gasteiger partial charge in [-0.3, -0.25) is 0 Å². The number of hydrogen-bond acceptors (Lipinski definition) is 0. The van der Waals surface area contributed by atoms with E-state index in [0.29, 0.717) is 0 Å². The Morgan fingerprint density at radius 3 is 1.70 bits per heavy atom. The quantitative estimate of drug-likeness (QED) is 0.411. The van der Waals surface area contributed by atoms with Gasteiger partial charge < -0.3 is 0 Å². The molecule has 0 aliphatic carbocycles. The molecule has 10 heavy (non-hydrogen) atoms. The van der Waals surface area contributed by atoms with Crippen LogP contribution in [0.15, 0.2) is 50.1 Å². The number of allylic oxidation sites excluding steroid dienone is 5. The van der Waals surface area contributed by atoms with Gasteiger partial charge in [-0.2, -0.15) is 0 Å². The van der Waals surface area contributed by atoms with Crippen LogP contribution in [0.1, 0.15) is 13.3 Å². The van der Waals surface area contributed by atoms with Crippen molar-refractivity contribution < 1.29 is 0 Å². The maximum atomic E-state index is 3.55. The molecule has 0 aromatic heterocycles. The van der Waals surface area contributed by atoms with Gasteiger partial charge in [-0.25, -0.2) is 0 Å². The van der Waals surface area contributed by atoms with E-state index in [1.165, 1.54) is 0 Å². The van der Waals surface area contributed by atoms with Crippen molar-refractivity contribution in [3.05, 3.63) is 50.1 Å². The van der Waals surface area contributed by atoms with Crippen molar-refractivity contribution >= 4 is 0 Å². The van der Waals surface area contributed by atoms with Crippen LogP contribution in [0.4, 0.5) is 0 Å². The summed E-state index contributed by atoms with van der Waals surface area (Å²) in [6.07, 6.45) is 10.2. The van der Waals surface area contributed by atoms with Crippen LogP contribution in [0.25, 0.3) is 0 Å². The van der Waals surface area contributed by atoms with Gasteiger partial charge in [0.15, 0.2) is 0 Å². The van der Waals surface area contributed by atoms with Crippen molar-refractivity contribution in [1.82, 2.24) is 0 Å². The molecule has 0 nitrogen and oxygen atoms in total. The van der Waals surface area contributed by atoms with Gasteiger partial charge in [-0.1, -0.05) is 43.5 Å². The Kier molecular flexibility index (Phi) is 18.4. The summed E-state index contributed by atoms with van der Waals surface area (Å²) >= 11 is 0.